The van der Waals surface area contributed by atoms with Gasteiger partial charge < -0.3 is 9.47 Å². The molecule has 0 saturated heterocycles. The minimum atomic E-state index is 0.295. The summed E-state index contributed by atoms with van der Waals surface area (Å²) in [5.74, 6) is 1.11. The molecule has 1 aromatic carbocycles. The van der Waals surface area contributed by atoms with Crippen molar-refractivity contribution in [2.75, 3.05) is 14.2 Å². The Hall–Kier alpha value is -2.46. The van der Waals surface area contributed by atoms with Gasteiger partial charge in [-0.3, -0.25) is 0 Å². The third-order valence-electron chi connectivity index (χ3n) is 2.02. The molecule has 0 aromatic heterocycles. The molecule has 0 heterocycles. The number of methoxy groups -OCH3 is 2. The molecule has 0 aliphatic heterocycles. The van der Waals surface area contributed by atoms with Crippen LogP contribution in [0.5, 0.6) is 11.5 Å². The van der Waals surface area contributed by atoms with Crippen molar-refractivity contribution in [3.63, 3.8) is 0 Å². The molecule has 0 spiro atoms. The topological polar surface area (TPSA) is 66.0 Å². The van der Waals surface area contributed by atoms with E-state index in [2.05, 4.69) is 0 Å². The van der Waals surface area contributed by atoms with E-state index < -0.39 is 0 Å². The molecule has 0 fully saturated rings. The van der Waals surface area contributed by atoms with Gasteiger partial charge in [-0.2, -0.15) is 10.5 Å². The van der Waals surface area contributed by atoms with Crippen LogP contribution in [-0.4, -0.2) is 14.2 Å². The number of allylic oxidation sites excluding steroid dienone is 2. The lowest BCUT2D eigenvalue weighted by Crippen LogP contribution is -1.92. The van der Waals surface area contributed by atoms with Gasteiger partial charge in [0, 0.05) is 6.08 Å². The Bertz CT molecular complexity index is 493. The van der Waals surface area contributed by atoms with Crippen molar-refractivity contribution >= 4 is 5.57 Å². The fourth-order valence-corrected chi connectivity index (χ4v) is 1.25. The zero-order valence-corrected chi connectivity index (χ0v) is 9.02. The quantitative estimate of drug-likeness (QED) is 0.723. The molecule has 0 radical (unpaired) electrons. The smallest absolute Gasteiger partial charge is 0.161 e. The van der Waals surface area contributed by atoms with Crippen molar-refractivity contribution in [1.82, 2.24) is 0 Å². The Labute approximate surface area is 93.9 Å². The highest BCUT2D eigenvalue weighted by Crippen LogP contribution is 2.29. The predicted molar refractivity (Wildman–Crippen MR) is 58.7 cm³/mol. The van der Waals surface area contributed by atoms with Gasteiger partial charge in [0.15, 0.2) is 11.5 Å². The summed E-state index contributed by atoms with van der Waals surface area (Å²) in [6.07, 6.45) is 1.20. The standard InChI is InChI=1S/C12H10N2O2/c1-15-11-4-3-9(7-12(11)16-2)10(8-14)5-6-13/h3-5,7H,1-2H3/b10-5+. The molecule has 0 N–H and O–H groups in total. The normalized spacial score (nSPS) is 10.1. The van der Waals surface area contributed by atoms with Crippen LogP contribution in [0.15, 0.2) is 24.3 Å². The zero-order chi connectivity index (χ0) is 12.0. The highest BCUT2D eigenvalue weighted by Gasteiger charge is 2.07. The van der Waals surface area contributed by atoms with E-state index in [1.807, 2.05) is 12.1 Å². The zero-order valence-electron chi connectivity index (χ0n) is 9.02. The Morgan fingerprint density at radius 3 is 2.38 bits per heavy atom. The van der Waals surface area contributed by atoms with E-state index in [-0.39, 0.29) is 0 Å². The van der Waals surface area contributed by atoms with Gasteiger partial charge in [-0.1, -0.05) is 0 Å². The first-order valence-corrected chi connectivity index (χ1v) is 4.49. The summed E-state index contributed by atoms with van der Waals surface area (Å²) in [6, 6.07) is 8.83. The average molecular weight is 214 g/mol. The van der Waals surface area contributed by atoms with E-state index in [1.165, 1.54) is 20.3 Å². The molecule has 16 heavy (non-hydrogen) atoms. The summed E-state index contributed by atoms with van der Waals surface area (Å²) in [7, 11) is 3.05. The number of ether oxygens (including phenoxy) is 2. The molecule has 0 bridgehead atoms. The van der Waals surface area contributed by atoms with Crippen LogP contribution < -0.4 is 9.47 Å². The van der Waals surface area contributed by atoms with Gasteiger partial charge in [-0.25, -0.2) is 0 Å². The van der Waals surface area contributed by atoms with Crippen molar-refractivity contribution in [3.05, 3.63) is 29.8 Å². The third kappa shape index (κ3) is 2.31. The van der Waals surface area contributed by atoms with E-state index in [4.69, 9.17) is 20.0 Å². The van der Waals surface area contributed by atoms with E-state index in [9.17, 15) is 0 Å². The van der Waals surface area contributed by atoms with Gasteiger partial charge >= 0.3 is 0 Å². The highest BCUT2D eigenvalue weighted by atomic mass is 16.5. The predicted octanol–water partition coefficient (Wildman–Crippen LogP) is 2.13. The summed E-state index contributed by atoms with van der Waals surface area (Å²) in [5, 5.41) is 17.4. The van der Waals surface area contributed by atoms with Gasteiger partial charge in [-0.15, -0.1) is 0 Å². The molecule has 4 heteroatoms. The largest absolute Gasteiger partial charge is 0.493 e. The van der Waals surface area contributed by atoms with Gasteiger partial charge in [0.2, 0.25) is 0 Å². The molecule has 0 saturated carbocycles. The molecule has 0 atom stereocenters. The molecule has 80 valence electrons. The van der Waals surface area contributed by atoms with Crippen LogP contribution in [0.1, 0.15) is 5.56 Å². The maximum Gasteiger partial charge on any atom is 0.161 e. The number of nitrogens with zero attached hydrogens (tertiary/aromatic N) is 2. The fraction of sp³-hybridized carbons (Fsp3) is 0.167. The average Bonchev–Trinajstić information content (AvgIpc) is 2.35. The van der Waals surface area contributed by atoms with Crippen LogP contribution in [0.2, 0.25) is 0 Å². The molecule has 0 aliphatic rings. The lowest BCUT2D eigenvalue weighted by molar-refractivity contribution is 0.355. The second-order valence-electron chi connectivity index (χ2n) is 2.87. The van der Waals surface area contributed by atoms with Crippen molar-refractivity contribution in [3.8, 4) is 23.6 Å². The SMILES string of the molecule is COc1ccc(/C(C#N)=C/C#N)cc1OC. The molecule has 4 nitrogen and oxygen atoms in total. The van der Waals surface area contributed by atoms with E-state index in [1.54, 1.807) is 18.2 Å². The third-order valence-corrected chi connectivity index (χ3v) is 2.02. The fourth-order valence-electron chi connectivity index (χ4n) is 1.25. The first-order valence-electron chi connectivity index (χ1n) is 4.49. The lowest BCUT2D eigenvalue weighted by Gasteiger charge is -2.08. The highest BCUT2D eigenvalue weighted by molar-refractivity contribution is 5.79. The Morgan fingerprint density at radius 2 is 1.88 bits per heavy atom. The van der Waals surface area contributed by atoms with Crippen LogP contribution in [0.3, 0.4) is 0 Å². The summed E-state index contributed by atoms with van der Waals surface area (Å²) in [4.78, 5) is 0. The Kier molecular flexibility index (Phi) is 3.94. The van der Waals surface area contributed by atoms with E-state index >= 15 is 0 Å². The van der Waals surface area contributed by atoms with Crippen LogP contribution in [-0.2, 0) is 0 Å². The second kappa shape index (κ2) is 5.43. The van der Waals surface area contributed by atoms with Crippen LogP contribution in [0.4, 0.5) is 0 Å². The molecular weight excluding hydrogens is 204 g/mol. The summed E-state index contributed by atoms with van der Waals surface area (Å²) in [6.45, 7) is 0. The van der Waals surface area contributed by atoms with Crippen molar-refractivity contribution in [2.45, 2.75) is 0 Å². The van der Waals surface area contributed by atoms with Crippen LogP contribution in [0.25, 0.3) is 5.57 Å². The van der Waals surface area contributed by atoms with Gasteiger partial charge in [0.25, 0.3) is 0 Å². The van der Waals surface area contributed by atoms with Crippen molar-refractivity contribution in [2.24, 2.45) is 0 Å². The minimum Gasteiger partial charge on any atom is -0.493 e. The molecule has 1 aromatic rings. The maximum absolute atomic E-state index is 8.86. The van der Waals surface area contributed by atoms with Crippen molar-refractivity contribution < 1.29 is 9.47 Å². The van der Waals surface area contributed by atoms with Gasteiger partial charge in [-0.05, 0) is 23.8 Å². The molecule has 0 unspecified atom stereocenters. The maximum atomic E-state index is 8.86. The Morgan fingerprint density at radius 1 is 1.19 bits per heavy atom. The summed E-state index contributed by atoms with van der Waals surface area (Å²) in [5.41, 5.74) is 0.921. The lowest BCUT2D eigenvalue weighted by atomic mass is 10.1. The molecule has 0 amide bonds. The van der Waals surface area contributed by atoms with Gasteiger partial charge in [0.05, 0.1) is 25.9 Å². The van der Waals surface area contributed by atoms with Crippen molar-refractivity contribution in [1.29, 1.82) is 10.5 Å². The molecule has 0 aliphatic carbocycles. The summed E-state index contributed by atoms with van der Waals surface area (Å²) < 4.78 is 10.2. The number of hydrogen-bond acceptors (Lipinski definition) is 4. The number of rotatable bonds is 3. The number of nitriles is 2. The van der Waals surface area contributed by atoms with Crippen LogP contribution in [0, 0.1) is 22.7 Å². The van der Waals surface area contributed by atoms with E-state index in [0.717, 1.165) is 0 Å². The van der Waals surface area contributed by atoms with Gasteiger partial charge in [0.1, 0.15) is 6.07 Å². The Balaban J connectivity index is 3.24. The first-order chi connectivity index (χ1) is 7.76. The number of benzene rings is 1. The number of hydrogen-bond donors (Lipinski definition) is 0. The minimum absolute atomic E-state index is 0.295. The van der Waals surface area contributed by atoms with E-state index in [0.29, 0.717) is 22.6 Å². The molecular formula is C12H10N2O2. The first kappa shape index (κ1) is 11.6. The molecule has 1 rings (SSSR count). The summed E-state index contributed by atoms with van der Waals surface area (Å²) >= 11 is 0. The van der Waals surface area contributed by atoms with Crippen LogP contribution >= 0.6 is 0 Å². The second-order valence-corrected chi connectivity index (χ2v) is 2.87. The monoisotopic (exact) mass is 214 g/mol.